The summed E-state index contributed by atoms with van der Waals surface area (Å²) in [4.78, 5) is 4.41. The van der Waals surface area contributed by atoms with Gasteiger partial charge in [-0.05, 0) is 60.7 Å². The van der Waals surface area contributed by atoms with Crippen LogP contribution in [0, 0.1) is 0 Å². The summed E-state index contributed by atoms with van der Waals surface area (Å²) in [7, 11) is 1.56. The molecule has 0 unspecified atom stereocenters. The molecule has 0 spiro atoms. The lowest BCUT2D eigenvalue weighted by atomic mass is 10.1. The highest BCUT2D eigenvalue weighted by Crippen LogP contribution is 2.31. The van der Waals surface area contributed by atoms with E-state index >= 15 is 0 Å². The van der Waals surface area contributed by atoms with Crippen LogP contribution in [0.15, 0.2) is 82.2 Å². The van der Waals surface area contributed by atoms with Crippen LogP contribution in [0.25, 0.3) is 22.3 Å². The van der Waals surface area contributed by atoms with Crippen molar-refractivity contribution in [2.75, 3.05) is 7.11 Å². The van der Waals surface area contributed by atoms with E-state index in [1.54, 1.807) is 43.5 Å². The first-order valence-corrected chi connectivity index (χ1v) is 8.97. The number of fused-ring (bicyclic) bond motifs is 1. The molecule has 1 aromatic heterocycles. The van der Waals surface area contributed by atoms with E-state index in [-0.39, 0.29) is 11.4 Å². The van der Waals surface area contributed by atoms with E-state index in [0.717, 1.165) is 17.7 Å². The van der Waals surface area contributed by atoms with Crippen molar-refractivity contribution in [2.45, 2.75) is 6.18 Å². The zero-order valence-electron chi connectivity index (χ0n) is 15.8. The average molecular weight is 411 g/mol. The molecule has 0 fully saturated rings. The molecule has 0 aliphatic carbocycles. The highest BCUT2D eigenvalue weighted by atomic mass is 19.4. The number of rotatable bonds is 3. The molecule has 0 saturated heterocycles. The fraction of sp³-hybridized carbons (Fsp3) is 0.0870. The van der Waals surface area contributed by atoms with Crippen LogP contribution in [0.3, 0.4) is 0 Å². The zero-order valence-corrected chi connectivity index (χ0v) is 15.8. The molecule has 4 aromatic rings. The predicted octanol–water partition coefficient (Wildman–Crippen LogP) is 6.07. The topological polar surface area (TPSA) is 55.0 Å². The van der Waals surface area contributed by atoms with Gasteiger partial charge in [-0.15, -0.1) is 0 Å². The highest BCUT2D eigenvalue weighted by molar-refractivity contribution is 5.80. The Labute approximate surface area is 169 Å². The molecule has 4 nitrogen and oxygen atoms in total. The van der Waals surface area contributed by atoms with Crippen molar-refractivity contribution in [3.8, 4) is 22.8 Å². The van der Waals surface area contributed by atoms with E-state index in [1.807, 2.05) is 0 Å². The summed E-state index contributed by atoms with van der Waals surface area (Å²) >= 11 is 0. The van der Waals surface area contributed by atoms with Gasteiger partial charge in [0.05, 0.1) is 23.7 Å². The first-order chi connectivity index (χ1) is 14.3. The lowest BCUT2D eigenvalue weighted by molar-refractivity contribution is -0.137. The minimum absolute atomic E-state index is 0.00427. The summed E-state index contributed by atoms with van der Waals surface area (Å²) < 4.78 is 50.3. The van der Waals surface area contributed by atoms with Gasteiger partial charge in [0.15, 0.2) is 0 Å². The molecule has 0 aliphatic heterocycles. The van der Waals surface area contributed by atoms with Gasteiger partial charge in [0, 0.05) is 17.0 Å². The van der Waals surface area contributed by atoms with Gasteiger partial charge >= 0.3 is 6.18 Å². The molecular weight excluding hydrogens is 395 g/mol. The Bertz CT molecular complexity index is 1280. The molecule has 3 aromatic carbocycles. The zero-order chi connectivity index (χ0) is 21.3. The van der Waals surface area contributed by atoms with Gasteiger partial charge in [0.25, 0.3) is 0 Å². The van der Waals surface area contributed by atoms with Gasteiger partial charge in [-0.2, -0.15) is 13.2 Å². The quantitative estimate of drug-likeness (QED) is 0.446. The lowest BCUT2D eigenvalue weighted by Crippen LogP contribution is -2.05. The number of aromatic hydroxyl groups is 1. The molecule has 0 radical (unpaired) electrons. The van der Waals surface area contributed by atoms with Gasteiger partial charge in [-0.3, -0.25) is 0 Å². The van der Waals surface area contributed by atoms with Crippen LogP contribution in [-0.4, -0.2) is 12.2 Å². The van der Waals surface area contributed by atoms with Crippen molar-refractivity contribution < 1.29 is 27.4 Å². The summed E-state index contributed by atoms with van der Waals surface area (Å²) in [6.07, 6.45) is -4.47. The van der Waals surface area contributed by atoms with E-state index in [4.69, 9.17) is 9.15 Å². The van der Waals surface area contributed by atoms with Crippen LogP contribution in [0.2, 0.25) is 0 Å². The number of phenolic OH excluding ortho intramolecular Hbond substituents is 1. The standard InChI is InChI=1S/C23H16F3NO3/c1-29-18-8-5-14(6-9-18)22-13-20(19-12-17(28)7-10-21(19)30-22)27-16-4-2-3-15(11-16)23(24,25)26/h2-13,28H,1H3. The van der Waals surface area contributed by atoms with Crippen molar-refractivity contribution in [1.29, 1.82) is 0 Å². The van der Waals surface area contributed by atoms with Gasteiger partial charge in [0.2, 0.25) is 0 Å². The number of alkyl halides is 3. The van der Waals surface area contributed by atoms with Gasteiger partial charge in [-0.1, -0.05) is 6.07 Å². The molecule has 152 valence electrons. The molecule has 1 heterocycles. The third-order valence-electron chi connectivity index (χ3n) is 4.52. The van der Waals surface area contributed by atoms with Gasteiger partial charge < -0.3 is 14.3 Å². The minimum Gasteiger partial charge on any atom is -0.508 e. The van der Waals surface area contributed by atoms with Gasteiger partial charge in [0.1, 0.15) is 22.8 Å². The fourth-order valence-corrected chi connectivity index (χ4v) is 3.04. The molecular formula is C23H16F3NO3. The Morgan fingerprint density at radius 2 is 1.70 bits per heavy atom. The van der Waals surface area contributed by atoms with Crippen LogP contribution in [0.1, 0.15) is 5.56 Å². The number of ether oxygens (including phenoxy) is 1. The van der Waals surface area contributed by atoms with Crippen LogP contribution < -0.4 is 10.1 Å². The Morgan fingerprint density at radius 1 is 0.933 bits per heavy atom. The van der Waals surface area contributed by atoms with Crippen molar-refractivity contribution in [3.05, 3.63) is 83.7 Å². The lowest BCUT2D eigenvalue weighted by Gasteiger charge is -2.08. The van der Waals surface area contributed by atoms with E-state index in [9.17, 15) is 18.3 Å². The number of benzene rings is 3. The van der Waals surface area contributed by atoms with Crippen LogP contribution in [-0.2, 0) is 6.18 Å². The van der Waals surface area contributed by atoms with E-state index < -0.39 is 11.7 Å². The Kier molecular flexibility index (Phi) is 4.95. The van der Waals surface area contributed by atoms with E-state index in [1.165, 1.54) is 24.3 Å². The predicted molar refractivity (Wildman–Crippen MR) is 107 cm³/mol. The fourth-order valence-electron chi connectivity index (χ4n) is 3.04. The van der Waals surface area contributed by atoms with E-state index in [0.29, 0.717) is 27.8 Å². The van der Waals surface area contributed by atoms with Crippen molar-refractivity contribution in [3.63, 3.8) is 0 Å². The van der Waals surface area contributed by atoms with Crippen LogP contribution in [0.4, 0.5) is 18.9 Å². The Hall–Kier alpha value is -3.74. The number of methoxy groups -OCH3 is 1. The molecule has 0 atom stereocenters. The third-order valence-corrected chi connectivity index (χ3v) is 4.52. The average Bonchev–Trinajstić information content (AvgIpc) is 2.73. The maximum atomic E-state index is 13.1. The minimum atomic E-state index is -4.47. The van der Waals surface area contributed by atoms with Crippen LogP contribution >= 0.6 is 0 Å². The maximum absolute atomic E-state index is 13.1. The second kappa shape index (κ2) is 7.59. The van der Waals surface area contributed by atoms with Gasteiger partial charge in [-0.25, -0.2) is 4.99 Å². The number of halogens is 3. The molecule has 7 heteroatoms. The number of phenols is 1. The Morgan fingerprint density at radius 3 is 2.40 bits per heavy atom. The number of hydrogen-bond donors (Lipinski definition) is 1. The van der Waals surface area contributed by atoms with E-state index in [2.05, 4.69) is 4.99 Å². The maximum Gasteiger partial charge on any atom is 0.416 e. The summed E-state index contributed by atoms with van der Waals surface area (Å²) in [5.74, 6) is 1.15. The Balaban J connectivity index is 1.93. The molecule has 0 aliphatic rings. The summed E-state index contributed by atoms with van der Waals surface area (Å²) in [6, 6.07) is 18.1. The van der Waals surface area contributed by atoms with Crippen molar-refractivity contribution >= 4 is 16.7 Å². The monoisotopic (exact) mass is 411 g/mol. The second-order valence-corrected chi connectivity index (χ2v) is 6.56. The third kappa shape index (κ3) is 4.00. The smallest absolute Gasteiger partial charge is 0.416 e. The summed E-state index contributed by atoms with van der Waals surface area (Å²) in [6.45, 7) is 0. The molecule has 30 heavy (non-hydrogen) atoms. The highest BCUT2D eigenvalue weighted by Gasteiger charge is 2.30. The molecule has 0 bridgehead atoms. The number of hydrogen-bond acceptors (Lipinski definition) is 4. The number of nitrogens with zero attached hydrogens (tertiary/aromatic N) is 1. The largest absolute Gasteiger partial charge is 0.508 e. The molecule has 4 rings (SSSR count). The molecule has 1 N–H and O–H groups in total. The summed E-state index contributed by atoms with van der Waals surface area (Å²) in [5.41, 5.74) is 0.534. The van der Waals surface area contributed by atoms with Crippen molar-refractivity contribution in [2.24, 2.45) is 4.99 Å². The second-order valence-electron chi connectivity index (χ2n) is 6.56. The van der Waals surface area contributed by atoms with Crippen LogP contribution in [0.5, 0.6) is 11.5 Å². The summed E-state index contributed by atoms with van der Waals surface area (Å²) in [5, 5.41) is 10.7. The first-order valence-electron chi connectivity index (χ1n) is 8.97. The normalized spacial score (nSPS) is 12.3. The molecule has 0 saturated carbocycles. The molecule has 0 amide bonds. The first kappa shape index (κ1) is 19.6. The van der Waals surface area contributed by atoms with Crippen molar-refractivity contribution in [1.82, 2.24) is 0 Å². The SMILES string of the molecule is COc1ccc(-c2cc(=Nc3cccc(C(F)(F)F)c3)c3cc(O)ccc3o2)cc1.